The lowest BCUT2D eigenvalue weighted by Gasteiger charge is -2.11. The summed E-state index contributed by atoms with van der Waals surface area (Å²) in [4.78, 5) is 0. The number of rotatable bonds is 7. The second kappa shape index (κ2) is 8.52. The number of nitrogens with one attached hydrogen (secondary N) is 1. The molecule has 5 nitrogen and oxygen atoms in total. The number of aromatic amines is 1. The number of benzene rings is 3. The molecule has 0 fully saturated rings. The van der Waals surface area contributed by atoms with E-state index in [1.54, 1.807) is 19.4 Å². The summed E-state index contributed by atoms with van der Waals surface area (Å²) >= 11 is 0. The molecule has 5 heteroatoms. The molecule has 1 heterocycles. The Labute approximate surface area is 169 Å². The van der Waals surface area contributed by atoms with Crippen molar-refractivity contribution in [2.75, 3.05) is 13.7 Å². The Kier molecular flexibility index (Phi) is 5.47. The number of H-pyrrole nitrogens is 1. The molecule has 1 aromatic heterocycles. The average Bonchev–Trinajstić information content (AvgIpc) is 3.24. The summed E-state index contributed by atoms with van der Waals surface area (Å²) in [5.74, 6) is 1.50. The molecule has 0 aliphatic carbocycles. The van der Waals surface area contributed by atoms with E-state index >= 15 is 0 Å². The first-order chi connectivity index (χ1) is 14.3. The molecule has 0 spiro atoms. The number of para-hydroxylation sites is 1. The number of phenolic OH excluding ortho intramolecular Hbond substituents is 1. The van der Waals surface area contributed by atoms with Gasteiger partial charge >= 0.3 is 0 Å². The molecular weight excluding hydrogens is 364 g/mol. The normalized spacial score (nSPS) is 10.7. The van der Waals surface area contributed by atoms with Crippen LogP contribution in [0.15, 0.2) is 79.0 Å². The van der Waals surface area contributed by atoms with Crippen molar-refractivity contribution in [1.82, 2.24) is 10.2 Å². The number of aromatic nitrogens is 2. The molecule has 0 radical (unpaired) electrons. The first-order valence-corrected chi connectivity index (χ1v) is 9.43. The summed E-state index contributed by atoms with van der Waals surface area (Å²) in [6.07, 6.45) is 2.54. The van der Waals surface area contributed by atoms with Crippen LogP contribution in [0.3, 0.4) is 0 Å². The molecule has 0 bridgehead atoms. The molecule has 0 unspecified atom stereocenters. The van der Waals surface area contributed by atoms with E-state index in [0.717, 1.165) is 29.0 Å². The smallest absolute Gasteiger partial charge is 0.128 e. The summed E-state index contributed by atoms with van der Waals surface area (Å²) in [5, 5.41) is 17.8. The van der Waals surface area contributed by atoms with Gasteiger partial charge in [0.2, 0.25) is 0 Å². The SMILES string of the molecule is COc1ccccc1-c1cn[nH]c1-c1ccc(OCCc2ccccc2)cc1O. The molecule has 4 aromatic rings. The van der Waals surface area contributed by atoms with E-state index in [1.807, 2.05) is 54.6 Å². The van der Waals surface area contributed by atoms with Gasteiger partial charge in [-0.3, -0.25) is 5.10 Å². The molecule has 0 aliphatic rings. The van der Waals surface area contributed by atoms with Crippen LogP contribution in [0.4, 0.5) is 0 Å². The van der Waals surface area contributed by atoms with E-state index in [9.17, 15) is 5.11 Å². The highest BCUT2D eigenvalue weighted by Crippen LogP contribution is 2.39. The van der Waals surface area contributed by atoms with E-state index in [1.165, 1.54) is 5.56 Å². The van der Waals surface area contributed by atoms with Crippen molar-refractivity contribution in [2.45, 2.75) is 6.42 Å². The zero-order valence-electron chi connectivity index (χ0n) is 16.1. The van der Waals surface area contributed by atoms with Crippen LogP contribution in [0.5, 0.6) is 17.2 Å². The monoisotopic (exact) mass is 386 g/mol. The van der Waals surface area contributed by atoms with Gasteiger partial charge in [-0.2, -0.15) is 5.10 Å². The molecule has 29 heavy (non-hydrogen) atoms. The number of aromatic hydroxyl groups is 1. The molecule has 0 atom stereocenters. The zero-order valence-corrected chi connectivity index (χ0v) is 16.1. The molecular formula is C24H22N2O3. The van der Waals surface area contributed by atoms with Crippen molar-refractivity contribution in [3.05, 3.63) is 84.6 Å². The summed E-state index contributed by atoms with van der Waals surface area (Å²) in [7, 11) is 1.64. The van der Waals surface area contributed by atoms with E-state index in [0.29, 0.717) is 17.9 Å². The average molecular weight is 386 g/mol. The van der Waals surface area contributed by atoms with Crippen molar-refractivity contribution >= 4 is 0 Å². The minimum absolute atomic E-state index is 0.127. The topological polar surface area (TPSA) is 67.4 Å². The van der Waals surface area contributed by atoms with Crippen LogP contribution in [0.25, 0.3) is 22.4 Å². The maximum absolute atomic E-state index is 10.6. The van der Waals surface area contributed by atoms with Crippen LogP contribution in [0.1, 0.15) is 5.56 Å². The van der Waals surface area contributed by atoms with Crippen LogP contribution in [0.2, 0.25) is 0 Å². The third kappa shape index (κ3) is 4.09. The Balaban J connectivity index is 1.54. The third-order valence-corrected chi connectivity index (χ3v) is 4.78. The predicted octanol–water partition coefficient (Wildman–Crippen LogP) is 5.08. The maximum Gasteiger partial charge on any atom is 0.128 e. The largest absolute Gasteiger partial charge is 0.507 e. The molecule has 0 aliphatic heterocycles. The standard InChI is InChI=1S/C24H22N2O3/c1-28-23-10-6-5-9-19(23)21-16-25-26-24(21)20-12-11-18(15-22(20)27)29-14-13-17-7-3-2-4-8-17/h2-12,15-16,27H,13-14H2,1H3,(H,25,26). The summed E-state index contributed by atoms with van der Waals surface area (Å²) in [6, 6.07) is 23.2. The van der Waals surface area contributed by atoms with Crippen LogP contribution in [0, 0.1) is 0 Å². The van der Waals surface area contributed by atoms with Crippen molar-refractivity contribution in [3.63, 3.8) is 0 Å². The van der Waals surface area contributed by atoms with Gasteiger partial charge < -0.3 is 14.6 Å². The molecule has 0 saturated carbocycles. The Hall–Kier alpha value is -3.73. The first kappa shape index (κ1) is 18.6. The molecule has 3 aromatic carbocycles. The van der Waals surface area contributed by atoms with Gasteiger partial charge in [-0.05, 0) is 23.8 Å². The van der Waals surface area contributed by atoms with Crippen molar-refractivity contribution < 1.29 is 14.6 Å². The number of methoxy groups -OCH3 is 1. The van der Waals surface area contributed by atoms with Gasteiger partial charge in [0, 0.05) is 29.2 Å². The second-order valence-electron chi connectivity index (χ2n) is 6.62. The van der Waals surface area contributed by atoms with Crippen LogP contribution in [-0.2, 0) is 6.42 Å². The Morgan fingerprint density at radius 2 is 1.69 bits per heavy atom. The molecule has 0 amide bonds. The molecule has 0 saturated heterocycles. The number of nitrogens with zero attached hydrogens (tertiary/aromatic N) is 1. The van der Waals surface area contributed by atoms with E-state index in [2.05, 4.69) is 22.3 Å². The van der Waals surface area contributed by atoms with Crippen LogP contribution in [-0.4, -0.2) is 29.0 Å². The number of ether oxygens (including phenoxy) is 2. The molecule has 146 valence electrons. The first-order valence-electron chi connectivity index (χ1n) is 9.43. The lowest BCUT2D eigenvalue weighted by atomic mass is 10.0. The van der Waals surface area contributed by atoms with Gasteiger partial charge in [0.1, 0.15) is 17.2 Å². The highest BCUT2D eigenvalue weighted by Gasteiger charge is 2.16. The number of hydrogen-bond acceptors (Lipinski definition) is 4. The fourth-order valence-corrected chi connectivity index (χ4v) is 3.31. The van der Waals surface area contributed by atoms with Crippen molar-refractivity contribution in [3.8, 4) is 39.6 Å². The Bertz CT molecular complexity index is 1090. The molecule has 2 N–H and O–H groups in total. The van der Waals surface area contributed by atoms with Gasteiger partial charge in [0.25, 0.3) is 0 Å². The minimum Gasteiger partial charge on any atom is -0.507 e. The van der Waals surface area contributed by atoms with Gasteiger partial charge in [0.05, 0.1) is 25.6 Å². The highest BCUT2D eigenvalue weighted by atomic mass is 16.5. The van der Waals surface area contributed by atoms with Crippen molar-refractivity contribution in [1.29, 1.82) is 0 Å². The quantitative estimate of drug-likeness (QED) is 0.465. The zero-order chi connectivity index (χ0) is 20.1. The summed E-state index contributed by atoms with van der Waals surface area (Å²) in [6.45, 7) is 0.541. The van der Waals surface area contributed by atoms with E-state index < -0.39 is 0 Å². The number of phenols is 1. The Morgan fingerprint density at radius 3 is 2.48 bits per heavy atom. The lowest BCUT2D eigenvalue weighted by molar-refractivity contribution is 0.320. The van der Waals surface area contributed by atoms with Gasteiger partial charge in [-0.15, -0.1) is 0 Å². The fourth-order valence-electron chi connectivity index (χ4n) is 3.31. The van der Waals surface area contributed by atoms with Gasteiger partial charge in [-0.1, -0.05) is 48.5 Å². The van der Waals surface area contributed by atoms with Crippen LogP contribution >= 0.6 is 0 Å². The lowest BCUT2D eigenvalue weighted by Crippen LogP contribution is -2.01. The third-order valence-electron chi connectivity index (χ3n) is 4.78. The van der Waals surface area contributed by atoms with Gasteiger partial charge in [-0.25, -0.2) is 0 Å². The predicted molar refractivity (Wildman–Crippen MR) is 113 cm³/mol. The second-order valence-corrected chi connectivity index (χ2v) is 6.62. The van der Waals surface area contributed by atoms with Crippen molar-refractivity contribution in [2.24, 2.45) is 0 Å². The minimum atomic E-state index is 0.127. The maximum atomic E-state index is 10.6. The number of hydrogen-bond donors (Lipinski definition) is 2. The summed E-state index contributed by atoms with van der Waals surface area (Å²) in [5.41, 5.74) is 4.35. The summed E-state index contributed by atoms with van der Waals surface area (Å²) < 4.78 is 11.3. The Morgan fingerprint density at radius 1 is 0.897 bits per heavy atom. The fraction of sp³-hybridized carbons (Fsp3) is 0.125. The highest BCUT2D eigenvalue weighted by molar-refractivity contribution is 5.85. The van der Waals surface area contributed by atoms with Gasteiger partial charge in [0.15, 0.2) is 0 Å². The van der Waals surface area contributed by atoms with E-state index in [4.69, 9.17) is 9.47 Å². The van der Waals surface area contributed by atoms with Crippen LogP contribution < -0.4 is 9.47 Å². The van der Waals surface area contributed by atoms with E-state index in [-0.39, 0.29) is 5.75 Å². The molecule has 4 rings (SSSR count).